The predicted molar refractivity (Wildman–Crippen MR) is 84.4 cm³/mol. The number of pyridine rings is 1. The third kappa shape index (κ3) is 4.25. The van der Waals surface area contributed by atoms with Crippen molar-refractivity contribution in [3.05, 3.63) is 53.2 Å². The van der Waals surface area contributed by atoms with Gasteiger partial charge in [-0.1, -0.05) is 29.3 Å². The van der Waals surface area contributed by atoms with Crippen LogP contribution in [0.1, 0.15) is 12.5 Å². The van der Waals surface area contributed by atoms with Gasteiger partial charge in [-0.25, -0.2) is 4.98 Å². The van der Waals surface area contributed by atoms with E-state index in [1.165, 1.54) is 23.5 Å². The van der Waals surface area contributed by atoms with Crippen molar-refractivity contribution < 1.29 is 4.79 Å². The van der Waals surface area contributed by atoms with Gasteiger partial charge in [0, 0.05) is 11.1 Å². The van der Waals surface area contributed by atoms with E-state index in [1.807, 2.05) is 38.1 Å². The predicted octanol–water partition coefficient (Wildman–Crippen LogP) is 4.16. The number of anilines is 1. The third-order valence-corrected chi connectivity index (χ3v) is 4.02. The maximum absolute atomic E-state index is 12.1. The van der Waals surface area contributed by atoms with E-state index in [9.17, 15) is 4.79 Å². The Morgan fingerprint density at radius 3 is 2.55 bits per heavy atom. The zero-order chi connectivity index (χ0) is 14.5. The first-order chi connectivity index (χ1) is 9.54. The second kappa shape index (κ2) is 6.77. The van der Waals surface area contributed by atoms with Crippen LogP contribution in [0, 0.1) is 6.92 Å². The second-order valence-corrected chi connectivity index (χ2v) is 6.27. The number of nitrogens with zero attached hydrogens (tertiary/aromatic N) is 1. The highest BCUT2D eigenvalue weighted by atomic mass is 35.5. The molecule has 0 aliphatic heterocycles. The zero-order valence-electron chi connectivity index (χ0n) is 11.3. The van der Waals surface area contributed by atoms with Gasteiger partial charge in [0.2, 0.25) is 5.91 Å². The summed E-state index contributed by atoms with van der Waals surface area (Å²) in [5, 5.41) is 3.12. The van der Waals surface area contributed by atoms with E-state index in [1.54, 1.807) is 12.1 Å². The normalized spacial score (nSPS) is 11.9. The van der Waals surface area contributed by atoms with Gasteiger partial charge in [-0.15, -0.1) is 11.8 Å². The van der Waals surface area contributed by atoms with E-state index < -0.39 is 0 Å². The summed E-state index contributed by atoms with van der Waals surface area (Å²) in [5.41, 5.74) is 1.21. The Labute approximate surface area is 127 Å². The summed E-state index contributed by atoms with van der Waals surface area (Å²) in [6.45, 7) is 3.91. The number of amides is 1. The van der Waals surface area contributed by atoms with Crippen LogP contribution in [-0.4, -0.2) is 16.1 Å². The fraction of sp³-hybridized carbons (Fsp3) is 0.200. The Kier molecular flexibility index (Phi) is 5.04. The molecule has 0 aliphatic rings. The van der Waals surface area contributed by atoms with Gasteiger partial charge in [-0.2, -0.15) is 0 Å². The highest BCUT2D eigenvalue weighted by Gasteiger charge is 2.14. The first kappa shape index (κ1) is 14.9. The van der Waals surface area contributed by atoms with Gasteiger partial charge in [-0.05, 0) is 38.1 Å². The zero-order valence-corrected chi connectivity index (χ0v) is 12.8. The Balaban J connectivity index is 1.94. The molecule has 1 aromatic carbocycles. The van der Waals surface area contributed by atoms with Crippen molar-refractivity contribution in [3.8, 4) is 0 Å². The highest BCUT2D eigenvalue weighted by molar-refractivity contribution is 8.00. The lowest BCUT2D eigenvalue weighted by atomic mass is 10.2. The third-order valence-electron chi connectivity index (χ3n) is 2.68. The van der Waals surface area contributed by atoms with Gasteiger partial charge in [-0.3, -0.25) is 4.79 Å². The molecule has 1 aromatic heterocycles. The molecule has 2 rings (SSSR count). The molecule has 0 unspecified atom stereocenters. The Morgan fingerprint density at radius 2 is 1.95 bits per heavy atom. The van der Waals surface area contributed by atoms with Crippen molar-refractivity contribution in [2.24, 2.45) is 0 Å². The largest absolute Gasteiger partial charge is 0.310 e. The highest BCUT2D eigenvalue weighted by Crippen LogP contribution is 2.24. The lowest BCUT2D eigenvalue weighted by Crippen LogP contribution is -2.22. The number of nitrogens with one attached hydrogen (secondary N) is 1. The molecule has 0 bridgehead atoms. The number of hydrogen-bond donors (Lipinski definition) is 1. The molecule has 0 radical (unpaired) electrons. The standard InChI is InChI=1S/C15H15ClN2OS/c1-10-3-6-13(7-4-10)20-11(2)15(19)18-14-8-5-12(16)9-17-14/h3-9,11H,1-2H3,(H,17,18,19)/t11-/m1/s1. The van der Waals surface area contributed by atoms with E-state index in [-0.39, 0.29) is 11.2 Å². The van der Waals surface area contributed by atoms with Crippen molar-refractivity contribution in [1.82, 2.24) is 4.98 Å². The molecule has 2 aromatic rings. The summed E-state index contributed by atoms with van der Waals surface area (Å²) in [6, 6.07) is 11.5. The Bertz CT molecular complexity index is 584. The van der Waals surface area contributed by atoms with E-state index >= 15 is 0 Å². The van der Waals surface area contributed by atoms with E-state index in [0.29, 0.717) is 10.8 Å². The van der Waals surface area contributed by atoms with E-state index in [2.05, 4.69) is 10.3 Å². The number of carbonyl (C=O) groups excluding carboxylic acids is 1. The molecule has 0 fully saturated rings. The van der Waals surface area contributed by atoms with Crippen LogP contribution in [0.15, 0.2) is 47.5 Å². The monoisotopic (exact) mass is 306 g/mol. The van der Waals surface area contributed by atoms with Crippen LogP contribution < -0.4 is 5.32 Å². The van der Waals surface area contributed by atoms with Crippen LogP contribution in [0.3, 0.4) is 0 Å². The summed E-state index contributed by atoms with van der Waals surface area (Å²) >= 11 is 7.27. The van der Waals surface area contributed by atoms with Crippen LogP contribution in [-0.2, 0) is 4.79 Å². The van der Waals surface area contributed by atoms with E-state index in [0.717, 1.165) is 4.90 Å². The minimum Gasteiger partial charge on any atom is -0.310 e. The van der Waals surface area contributed by atoms with Gasteiger partial charge < -0.3 is 5.32 Å². The number of thioether (sulfide) groups is 1. The minimum atomic E-state index is -0.199. The van der Waals surface area contributed by atoms with Crippen LogP contribution in [0.5, 0.6) is 0 Å². The molecule has 0 saturated heterocycles. The molecule has 1 amide bonds. The van der Waals surface area contributed by atoms with Crippen LogP contribution in [0.4, 0.5) is 5.82 Å². The fourth-order valence-electron chi connectivity index (χ4n) is 1.55. The van der Waals surface area contributed by atoms with Crippen LogP contribution >= 0.6 is 23.4 Å². The molecular formula is C15H15ClN2OS. The van der Waals surface area contributed by atoms with Crippen LogP contribution in [0.2, 0.25) is 5.02 Å². The fourth-order valence-corrected chi connectivity index (χ4v) is 2.53. The first-order valence-electron chi connectivity index (χ1n) is 6.20. The number of halogens is 1. The number of benzene rings is 1. The lowest BCUT2D eigenvalue weighted by molar-refractivity contribution is -0.115. The number of hydrogen-bond acceptors (Lipinski definition) is 3. The topological polar surface area (TPSA) is 42.0 Å². The average molecular weight is 307 g/mol. The second-order valence-electron chi connectivity index (χ2n) is 4.42. The molecule has 3 nitrogen and oxygen atoms in total. The minimum absolute atomic E-state index is 0.0783. The van der Waals surface area contributed by atoms with Gasteiger partial charge >= 0.3 is 0 Å². The average Bonchev–Trinajstić information content (AvgIpc) is 2.44. The summed E-state index contributed by atoms with van der Waals surface area (Å²) in [6.07, 6.45) is 1.51. The van der Waals surface area contributed by atoms with Gasteiger partial charge in [0.15, 0.2) is 0 Å². The lowest BCUT2D eigenvalue weighted by Gasteiger charge is -2.11. The van der Waals surface area contributed by atoms with E-state index in [4.69, 9.17) is 11.6 Å². The molecule has 1 N–H and O–H groups in total. The van der Waals surface area contributed by atoms with Gasteiger partial charge in [0.25, 0.3) is 0 Å². The molecule has 0 spiro atoms. The van der Waals surface area contributed by atoms with Crippen molar-refractivity contribution in [1.29, 1.82) is 0 Å². The van der Waals surface area contributed by atoms with Crippen molar-refractivity contribution in [2.45, 2.75) is 24.0 Å². The molecule has 104 valence electrons. The summed E-state index contributed by atoms with van der Waals surface area (Å²) in [4.78, 5) is 17.2. The number of aryl methyl sites for hydroxylation is 1. The molecular weight excluding hydrogens is 292 g/mol. The summed E-state index contributed by atoms with van der Waals surface area (Å²) in [7, 11) is 0. The number of aromatic nitrogens is 1. The van der Waals surface area contributed by atoms with Gasteiger partial charge in [0.1, 0.15) is 5.82 Å². The summed E-state index contributed by atoms with van der Waals surface area (Å²) < 4.78 is 0. The SMILES string of the molecule is Cc1ccc(S[C@H](C)C(=O)Nc2ccc(Cl)cn2)cc1. The molecule has 1 atom stereocenters. The smallest absolute Gasteiger partial charge is 0.238 e. The quantitative estimate of drug-likeness (QED) is 0.862. The molecule has 0 saturated carbocycles. The number of rotatable bonds is 4. The number of carbonyl (C=O) groups is 1. The maximum Gasteiger partial charge on any atom is 0.238 e. The first-order valence-corrected chi connectivity index (χ1v) is 7.46. The van der Waals surface area contributed by atoms with Crippen molar-refractivity contribution in [2.75, 3.05) is 5.32 Å². The van der Waals surface area contributed by atoms with Crippen LogP contribution in [0.25, 0.3) is 0 Å². The Morgan fingerprint density at radius 1 is 1.25 bits per heavy atom. The maximum atomic E-state index is 12.1. The molecule has 0 aliphatic carbocycles. The molecule has 20 heavy (non-hydrogen) atoms. The molecule has 5 heteroatoms. The van der Waals surface area contributed by atoms with Crippen molar-refractivity contribution in [3.63, 3.8) is 0 Å². The molecule has 1 heterocycles. The van der Waals surface area contributed by atoms with Crippen molar-refractivity contribution >= 4 is 35.1 Å². The summed E-state index contributed by atoms with van der Waals surface area (Å²) in [5.74, 6) is 0.432. The Hall–Kier alpha value is -1.52. The van der Waals surface area contributed by atoms with Gasteiger partial charge in [0.05, 0.1) is 10.3 Å².